The molecule has 0 radical (unpaired) electrons. The van der Waals surface area contributed by atoms with Crippen LogP contribution in [-0.4, -0.2) is 52.1 Å². The van der Waals surface area contributed by atoms with Crippen LogP contribution < -0.4 is 5.32 Å². The summed E-state index contributed by atoms with van der Waals surface area (Å²) in [5, 5.41) is 2.80. The highest BCUT2D eigenvalue weighted by molar-refractivity contribution is 5.75. The summed E-state index contributed by atoms with van der Waals surface area (Å²) in [7, 11) is 0. The highest BCUT2D eigenvalue weighted by Gasteiger charge is 1.95. The third-order valence-electron chi connectivity index (χ3n) is 2.49. The van der Waals surface area contributed by atoms with Crippen LogP contribution in [0.1, 0.15) is 39.5 Å². The SMILES string of the molecule is CCCCOCCOCCOCCCNC(=O)CC. The van der Waals surface area contributed by atoms with Gasteiger partial charge >= 0.3 is 0 Å². The Morgan fingerprint density at radius 3 is 1.89 bits per heavy atom. The van der Waals surface area contributed by atoms with Gasteiger partial charge in [-0.2, -0.15) is 0 Å². The molecule has 114 valence electrons. The molecule has 19 heavy (non-hydrogen) atoms. The van der Waals surface area contributed by atoms with Gasteiger partial charge in [0.1, 0.15) is 0 Å². The monoisotopic (exact) mass is 275 g/mol. The zero-order valence-corrected chi connectivity index (χ0v) is 12.4. The summed E-state index contributed by atoms with van der Waals surface area (Å²) in [6.07, 6.45) is 3.64. The Kier molecular flexibility index (Phi) is 14.9. The quantitative estimate of drug-likeness (QED) is 0.491. The second-order valence-corrected chi connectivity index (χ2v) is 4.25. The second kappa shape index (κ2) is 15.4. The van der Waals surface area contributed by atoms with E-state index in [-0.39, 0.29) is 5.91 Å². The van der Waals surface area contributed by atoms with Crippen molar-refractivity contribution >= 4 is 5.91 Å². The Morgan fingerprint density at radius 2 is 1.37 bits per heavy atom. The molecule has 5 heteroatoms. The lowest BCUT2D eigenvalue weighted by molar-refractivity contribution is -0.120. The summed E-state index contributed by atoms with van der Waals surface area (Å²) in [6.45, 7) is 8.61. The van der Waals surface area contributed by atoms with E-state index in [4.69, 9.17) is 14.2 Å². The number of amides is 1. The first-order chi connectivity index (χ1) is 9.31. The molecule has 0 aromatic heterocycles. The van der Waals surface area contributed by atoms with Crippen LogP contribution in [-0.2, 0) is 19.0 Å². The van der Waals surface area contributed by atoms with E-state index in [0.717, 1.165) is 25.9 Å². The minimum absolute atomic E-state index is 0.0893. The molecule has 0 rings (SSSR count). The van der Waals surface area contributed by atoms with Crippen LogP contribution in [0.25, 0.3) is 0 Å². The van der Waals surface area contributed by atoms with Crippen LogP contribution >= 0.6 is 0 Å². The van der Waals surface area contributed by atoms with Gasteiger partial charge in [0.05, 0.1) is 26.4 Å². The molecule has 0 saturated carbocycles. The van der Waals surface area contributed by atoms with E-state index in [1.807, 2.05) is 6.92 Å². The van der Waals surface area contributed by atoms with E-state index in [0.29, 0.717) is 46.0 Å². The number of carbonyl (C=O) groups is 1. The first kappa shape index (κ1) is 18.4. The van der Waals surface area contributed by atoms with Crippen molar-refractivity contribution in [1.82, 2.24) is 5.32 Å². The number of carbonyl (C=O) groups excluding carboxylic acids is 1. The number of hydrogen-bond donors (Lipinski definition) is 1. The molecule has 0 bridgehead atoms. The molecule has 0 aliphatic heterocycles. The first-order valence-electron chi connectivity index (χ1n) is 7.31. The third-order valence-corrected chi connectivity index (χ3v) is 2.49. The lowest BCUT2D eigenvalue weighted by Gasteiger charge is -2.07. The van der Waals surface area contributed by atoms with Gasteiger partial charge in [-0.3, -0.25) is 4.79 Å². The smallest absolute Gasteiger partial charge is 0.219 e. The number of hydrogen-bond acceptors (Lipinski definition) is 4. The standard InChI is InChI=1S/C14H29NO4/c1-3-5-8-17-10-12-19-13-11-18-9-6-7-15-14(16)4-2/h3-13H2,1-2H3,(H,15,16). The number of unbranched alkanes of at least 4 members (excludes halogenated alkanes) is 1. The van der Waals surface area contributed by atoms with Gasteiger partial charge in [0, 0.05) is 26.2 Å². The Labute approximate surface area is 117 Å². The summed E-state index contributed by atoms with van der Waals surface area (Å²) in [5.41, 5.74) is 0. The minimum atomic E-state index is 0.0893. The summed E-state index contributed by atoms with van der Waals surface area (Å²) in [6, 6.07) is 0. The van der Waals surface area contributed by atoms with Gasteiger partial charge in [0.15, 0.2) is 0 Å². The van der Waals surface area contributed by atoms with Crippen molar-refractivity contribution in [3.63, 3.8) is 0 Å². The molecule has 5 nitrogen and oxygen atoms in total. The van der Waals surface area contributed by atoms with Crippen LogP contribution in [0.5, 0.6) is 0 Å². The Morgan fingerprint density at radius 1 is 0.842 bits per heavy atom. The van der Waals surface area contributed by atoms with Gasteiger partial charge in [0.2, 0.25) is 5.91 Å². The number of rotatable bonds is 14. The molecule has 0 aromatic rings. The van der Waals surface area contributed by atoms with E-state index in [2.05, 4.69) is 12.2 Å². The van der Waals surface area contributed by atoms with E-state index >= 15 is 0 Å². The van der Waals surface area contributed by atoms with Crippen molar-refractivity contribution in [2.75, 3.05) is 46.2 Å². The van der Waals surface area contributed by atoms with Crippen molar-refractivity contribution in [3.8, 4) is 0 Å². The molecular formula is C14H29NO4. The third kappa shape index (κ3) is 15.3. The van der Waals surface area contributed by atoms with Crippen LogP contribution in [0.2, 0.25) is 0 Å². The molecule has 1 amide bonds. The summed E-state index contributed by atoms with van der Waals surface area (Å²) in [5.74, 6) is 0.0893. The summed E-state index contributed by atoms with van der Waals surface area (Å²) < 4.78 is 16.1. The Hall–Kier alpha value is -0.650. The van der Waals surface area contributed by atoms with E-state index in [1.54, 1.807) is 0 Å². The van der Waals surface area contributed by atoms with E-state index in [1.165, 1.54) is 0 Å². The molecular weight excluding hydrogens is 246 g/mol. The average Bonchev–Trinajstić information content (AvgIpc) is 2.43. The topological polar surface area (TPSA) is 56.8 Å². The number of nitrogens with one attached hydrogen (secondary N) is 1. The predicted octanol–water partition coefficient (Wildman–Crippen LogP) is 1.75. The molecule has 0 spiro atoms. The highest BCUT2D eigenvalue weighted by Crippen LogP contribution is 1.88. The lowest BCUT2D eigenvalue weighted by atomic mass is 10.4. The highest BCUT2D eigenvalue weighted by atomic mass is 16.5. The molecule has 0 aliphatic carbocycles. The fourth-order valence-electron chi connectivity index (χ4n) is 1.32. The van der Waals surface area contributed by atoms with Crippen molar-refractivity contribution in [3.05, 3.63) is 0 Å². The molecule has 0 heterocycles. The molecule has 0 fully saturated rings. The molecule has 0 atom stereocenters. The van der Waals surface area contributed by atoms with E-state index < -0.39 is 0 Å². The molecule has 1 N–H and O–H groups in total. The van der Waals surface area contributed by atoms with Gasteiger partial charge in [0.25, 0.3) is 0 Å². The molecule has 0 unspecified atom stereocenters. The molecule has 0 saturated heterocycles. The van der Waals surface area contributed by atoms with E-state index in [9.17, 15) is 4.79 Å². The minimum Gasteiger partial charge on any atom is -0.379 e. The summed E-state index contributed by atoms with van der Waals surface area (Å²) >= 11 is 0. The van der Waals surface area contributed by atoms with Gasteiger partial charge in [-0.15, -0.1) is 0 Å². The van der Waals surface area contributed by atoms with Crippen LogP contribution in [0.4, 0.5) is 0 Å². The van der Waals surface area contributed by atoms with Crippen molar-refractivity contribution < 1.29 is 19.0 Å². The Bertz CT molecular complexity index is 200. The fraction of sp³-hybridized carbons (Fsp3) is 0.929. The lowest BCUT2D eigenvalue weighted by Crippen LogP contribution is -2.24. The van der Waals surface area contributed by atoms with Crippen molar-refractivity contribution in [2.45, 2.75) is 39.5 Å². The number of ether oxygens (including phenoxy) is 3. The normalized spacial score (nSPS) is 10.6. The fourth-order valence-corrected chi connectivity index (χ4v) is 1.32. The predicted molar refractivity (Wildman–Crippen MR) is 75.3 cm³/mol. The Balaban J connectivity index is 2.97. The zero-order chi connectivity index (χ0) is 14.2. The van der Waals surface area contributed by atoms with Crippen molar-refractivity contribution in [1.29, 1.82) is 0 Å². The van der Waals surface area contributed by atoms with Crippen LogP contribution in [0, 0.1) is 0 Å². The van der Waals surface area contributed by atoms with Crippen LogP contribution in [0.3, 0.4) is 0 Å². The van der Waals surface area contributed by atoms with Crippen LogP contribution in [0.15, 0.2) is 0 Å². The average molecular weight is 275 g/mol. The first-order valence-corrected chi connectivity index (χ1v) is 7.31. The van der Waals surface area contributed by atoms with Gasteiger partial charge < -0.3 is 19.5 Å². The van der Waals surface area contributed by atoms with Gasteiger partial charge in [-0.1, -0.05) is 20.3 Å². The zero-order valence-electron chi connectivity index (χ0n) is 12.4. The molecule has 0 aromatic carbocycles. The second-order valence-electron chi connectivity index (χ2n) is 4.25. The summed E-state index contributed by atoms with van der Waals surface area (Å²) in [4.78, 5) is 10.9. The maximum atomic E-state index is 10.9. The largest absolute Gasteiger partial charge is 0.379 e. The maximum Gasteiger partial charge on any atom is 0.219 e. The van der Waals surface area contributed by atoms with Gasteiger partial charge in [-0.05, 0) is 12.8 Å². The van der Waals surface area contributed by atoms with Crippen molar-refractivity contribution in [2.24, 2.45) is 0 Å². The molecule has 0 aliphatic rings. The maximum absolute atomic E-state index is 10.9. The van der Waals surface area contributed by atoms with Gasteiger partial charge in [-0.25, -0.2) is 0 Å².